The number of benzene rings is 1. The number of aryl methyl sites for hydroxylation is 1. The average molecular weight is 315 g/mol. The van der Waals surface area contributed by atoms with Crippen molar-refractivity contribution in [3.63, 3.8) is 0 Å². The molecule has 1 heterocycles. The quantitative estimate of drug-likeness (QED) is 0.670. The Morgan fingerprint density at radius 1 is 1.30 bits per heavy atom. The van der Waals surface area contributed by atoms with E-state index in [0.717, 1.165) is 0 Å². The molecule has 0 saturated heterocycles. The highest BCUT2D eigenvalue weighted by Gasteiger charge is 2.12. The summed E-state index contributed by atoms with van der Waals surface area (Å²) in [5, 5.41) is 13.5. The van der Waals surface area contributed by atoms with Gasteiger partial charge in [0.25, 0.3) is 5.69 Å². The molecule has 0 bridgehead atoms. The minimum atomic E-state index is -0.488. The Balaban J connectivity index is 2.08. The molecule has 7 nitrogen and oxygen atoms in total. The van der Waals surface area contributed by atoms with Crippen LogP contribution in [0.25, 0.3) is 0 Å². The third kappa shape index (κ3) is 4.26. The Hall–Kier alpha value is -2.96. The second-order valence-electron chi connectivity index (χ2n) is 5.34. The predicted octanol–water partition coefficient (Wildman–Crippen LogP) is 3.69. The van der Waals surface area contributed by atoms with Crippen molar-refractivity contribution in [2.45, 2.75) is 20.8 Å². The Bertz CT molecular complexity index is 727. The zero-order chi connectivity index (χ0) is 17.0. The highest BCUT2D eigenvalue weighted by molar-refractivity contribution is 5.92. The molecular formula is C16H17N3O4. The number of ether oxygens (including phenoxy) is 1. The minimum absolute atomic E-state index is 0.0518. The second kappa shape index (κ2) is 6.87. The first-order valence-electron chi connectivity index (χ1n) is 7.06. The number of aromatic nitrogens is 1. The number of rotatable bonds is 5. The first kappa shape index (κ1) is 16.4. The lowest BCUT2D eigenvalue weighted by atomic mass is 10.2. The number of pyridine rings is 1. The van der Waals surface area contributed by atoms with Gasteiger partial charge < -0.3 is 10.1 Å². The summed E-state index contributed by atoms with van der Waals surface area (Å²) in [4.78, 5) is 25.8. The number of hydrogen-bond donors (Lipinski definition) is 1. The van der Waals surface area contributed by atoms with Crippen LogP contribution < -0.4 is 10.1 Å². The van der Waals surface area contributed by atoms with Gasteiger partial charge in [-0.25, -0.2) is 4.98 Å². The van der Waals surface area contributed by atoms with Gasteiger partial charge in [-0.1, -0.05) is 13.8 Å². The maximum absolute atomic E-state index is 11.6. The number of carbonyl (C=O) groups is 1. The number of carbonyl (C=O) groups excluding carboxylic acids is 1. The van der Waals surface area contributed by atoms with Crippen LogP contribution in [-0.2, 0) is 4.79 Å². The molecule has 0 fully saturated rings. The van der Waals surface area contributed by atoms with Crippen molar-refractivity contribution >= 4 is 17.3 Å². The van der Waals surface area contributed by atoms with Crippen molar-refractivity contribution in [1.82, 2.24) is 4.98 Å². The maximum Gasteiger partial charge on any atom is 0.290 e. The monoisotopic (exact) mass is 315 g/mol. The van der Waals surface area contributed by atoms with Crippen LogP contribution in [0.3, 0.4) is 0 Å². The van der Waals surface area contributed by atoms with Gasteiger partial charge in [0.2, 0.25) is 11.8 Å². The fraction of sp³-hybridized carbons (Fsp3) is 0.250. The number of anilines is 1. The molecule has 1 N–H and O–H groups in total. The van der Waals surface area contributed by atoms with Crippen molar-refractivity contribution in [2.75, 3.05) is 5.32 Å². The molecule has 7 heteroatoms. The largest absolute Gasteiger partial charge is 0.439 e. The third-order valence-corrected chi connectivity index (χ3v) is 3.12. The normalized spacial score (nSPS) is 10.4. The van der Waals surface area contributed by atoms with Crippen molar-refractivity contribution in [3.8, 4) is 11.6 Å². The Labute approximate surface area is 133 Å². The molecule has 0 spiro atoms. The van der Waals surface area contributed by atoms with E-state index >= 15 is 0 Å². The Morgan fingerprint density at radius 3 is 2.48 bits per heavy atom. The van der Waals surface area contributed by atoms with Crippen LogP contribution in [0.1, 0.15) is 19.4 Å². The first-order chi connectivity index (χ1) is 10.9. The molecule has 0 radical (unpaired) electrons. The second-order valence-corrected chi connectivity index (χ2v) is 5.34. The van der Waals surface area contributed by atoms with E-state index in [1.54, 1.807) is 31.2 Å². The van der Waals surface area contributed by atoms with Gasteiger partial charge in [0.05, 0.1) is 4.92 Å². The average Bonchev–Trinajstić information content (AvgIpc) is 2.48. The zero-order valence-electron chi connectivity index (χ0n) is 13.1. The maximum atomic E-state index is 11.6. The Kier molecular flexibility index (Phi) is 4.90. The van der Waals surface area contributed by atoms with Crippen LogP contribution in [-0.4, -0.2) is 15.8 Å². The SMILES string of the molecule is Cc1cc(Oc2ccc(NC(=O)C(C)C)cc2)ncc1[N+](=O)[O-]. The molecule has 2 aromatic rings. The highest BCUT2D eigenvalue weighted by atomic mass is 16.6. The summed E-state index contributed by atoms with van der Waals surface area (Å²) in [6.45, 7) is 5.25. The van der Waals surface area contributed by atoms with Gasteiger partial charge in [0.1, 0.15) is 11.9 Å². The van der Waals surface area contributed by atoms with Gasteiger partial charge in [-0.3, -0.25) is 14.9 Å². The fourth-order valence-electron chi connectivity index (χ4n) is 1.78. The lowest BCUT2D eigenvalue weighted by molar-refractivity contribution is -0.385. The molecule has 2 rings (SSSR count). The smallest absolute Gasteiger partial charge is 0.290 e. The van der Waals surface area contributed by atoms with E-state index in [0.29, 0.717) is 17.0 Å². The molecule has 1 aromatic carbocycles. The molecular weight excluding hydrogens is 298 g/mol. The van der Waals surface area contributed by atoms with Crippen molar-refractivity contribution in [1.29, 1.82) is 0 Å². The number of amides is 1. The topological polar surface area (TPSA) is 94.4 Å². The van der Waals surface area contributed by atoms with Gasteiger partial charge >= 0.3 is 0 Å². The van der Waals surface area contributed by atoms with E-state index in [1.165, 1.54) is 12.3 Å². The van der Waals surface area contributed by atoms with E-state index < -0.39 is 4.92 Å². The molecule has 1 aromatic heterocycles. The summed E-state index contributed by atoms with van der Waals surface area (Å²) < 4.78 is 5.55. The summed E-state index contributed by atoms with van der Waals surface area (Å²) in [6, 6.07) is 8.32. The lowest BCUT2D eigenvalue weighted by Gasteiger charge is -2.09. The van der Waals surface area contributed by atoms with E-state index in [1.807, 2.05) is 13.8 Å². The molecule has 0 aliphatic carbocycles. The molecule has 0 aliphatic rings. The third-order valence-electron chi connectivity index (χ3n) is 3.12. The summed E-state index contributed by atoms with van der Waals surface area (Å²) >= 11 is 0. The molecule has 0 saturated carbocycles. The van der Waals surface area contributed by atoms with Gasteiger partial charge in [-0.15, -0.1) is 0 Å². The number of nitrogens with one attached hydrogen (secondary N) is 1. The van der Waals surface area contributed by atoms with Crippen LogP contribution >= 0.6 is 0 Å². The molecule has 0 aliphatic heterocycles. The lowest BCUT2D eigenvalue weighted by Crippen LogP contribution is -2.17. The molecule has 0 atom stereocenters. The van der Waals surface area contributed by atoms with Gasteiger partial charge in [-0.2, -0.15) is 0 Å². The standard InChI is InChI=1S/C16H17N3O4/c1-10(2)16(20)18-12-4-6-13(7-5-12)23-15-8-11(3)14(9-17-15)19(21)22/h4-10H,1-3H3,(H,18,20). The molecule has 1 amide bonds. The van der Waals surface area contributed by atoms with E-state index in [9.17, 15) is 14.9 Å². The number of nitrogens with zero attached hydrogens (tertiary/aromatic N) is 2. The van der Waals surface area contributed by atoms with Gasteiger partial charge in [0.15, 0.2) is 0 Å². The van der Waals surface area contributed by atoms with Crippen LogP contribution in [0.5, 0.6) is 11.6 Å². The molecule has 0 unspecified atom stereocenters. The minimum Gasteiger partial charge on any atom is -0.439 e. The predicted molar refractivity (Wildman–Crippen MR) is 85.6 cm³/mol. The number of nitro groups is 1. The highest BCUT2D eigenvalue weighted by Crippen LogP contribution is 2.25. The van der Waals surface area contributed by atoms with E-state index in [4.69, 9.17) is 4.74 Å². The van der Waals surface area contributed by atoms with Gasteiger partial charge in [-0.05, 0) is 31.2 Å². The van der Waals surface area contributed by atoms with Gasteiger partial charge in [0, 0.05) is 23.2 Å². The van der Waals surface area contributed by atoms with E-state index in [2.05, 4.69) is 10.3 Å². The van der Waals surface area contributed by atoms with Crippen LogP contribution in [0.15, 0.2) is 36.5 Å². The zero-order valence-corrected chi connectivity index (χ0v) is 13.1. The first-order valence-corrected chi connectivity index (χ1v) is 7.06. The van der Waals surface area contributed by atoms with E-state index in [-0.39, 0.29) is 23.4 Å². The molecule has 23 heavy (non-hydrogen) atoms. The van der Waals surface area contributed by atoms with Crippen LogP contribution in [0, 0.1) is 23.0 Å². The van der Waals surface area contributed by atoms with Crippen LogP contribution in [0.2, 0.25) is 0 Å². The summed E-state index contributed by atoms with van der Waals surface area (Å²) in [6.07, 6.45) is 1.17. The summed E-state index contributed by atoms with van der Waals surface area (Å²) in [7, 11) is 0. The Morgan fingerprint density at radius 2 is 1.96 bits per heavy atom. The molecule has 120 valence electrons. The fourth-order valence-corrected chi connectivity index (χ4v) is 1.78. The van der Waals surface area contributed by atoms with Crippen molar-refractivity contribution < 1.29 is 14.5 Å². The van der Waals surface area contributed by atoms with Crippen molar-refractivity contribution in [3.05, 3.63) is 52.2 Å². The van der Waals surface area contributed by atoms with Crippen molar-refractivity contribution in [2.24, 2.45) is 5.92 Å². The number of hydrogen-bond acceptors (Lipinski definition) is 5. The summed E-state index contributed by atoms with van der Waals surface area (Å²) in [5.41, 5.74) is 1.09. The van der Waals surface area contributed by atoms with Crippen LogP contribution in [0.4, 0.5) is 11.4 Å². The summed E-state index contributed by atoms with van der Waals surface area (Å²) in [5.74, 6) is 0.630.